The molecular formula is C19H16N6O2. The maximum atomic E-state index is 12.1. The number of hydrogen-bond donors (Lipinski definition) is 4. The summed E-state index contributed by atoms with van der Waals surface area (Å²) in [6.07, 6.45) is 7.31. The molecule has 8 heteroatoms. The number of primary amides is 1. The fraction of sp³-hybridized carbons (Fsp3) is 0.105. The first-order chi connectivity index (χ1) is 13.1. The third-order valence-electron chi connectivity index (χ3n) is 4.95. The van der Waals surface area contributed by atoms with Gasteiger partial charge >= 0.3 is 0 Å². The number of hydroxylamine groups is 2. The second-order valence-electron chi connectivity index (χ2n) is 6.52. The summed E-state index contributed by atoms with van der Waals surface area (Å²) >= 11 is 0. The van der Waals surface area contributed by atoms with Crippen LogP contribution in [0.25, 0.3) is 22.2 Å². The number of anilines is 1. The summed E-state index contributed by atoms with van der Waals surface area (Å²) in [6, 6.07) is 7.55. The Labute approximate surface area is 154 Å². The lowest BCUT2D eigenvalue weighted by atomic mass is 9.95. The van der Waals surface area contributed by atoms with Crippen molar-refractivity contribution in [2.75, 3.05) is 11.9 Å². The van der Waals surface area contributed by atoms with Gasteiger partial charge in [0, 0.05) is 40.2 Å². The van der Waals surface area contributed by atoms with Crippen LogP contribution in [-0.4, -0.2) is 37.9 Å². The van der Waals surface area contributed by atoms with E-state index < -0.39 is 5.91 Å². The molecular weight excluding hydrogens is 344 g/mol. The second kappa shape index (κ2) is 5.68. The van der Waals surface area contributed by atoms with Crippen molar-refractivity contribution in [2.45, 2.75) is 6.04 Å². The van der Waals surface area contributed by atoms with Gasteiger partial charge in [0.2, 0.25) is 0 Å². The van der Waals surface area contributed by atoms with Crippen LogP contribution in [0.5, 0.6) is 0 Å². The van der Waals surface area contributed by atoms with Gasteiger partial charge in [0.1, 0.15) is 0 Å². The second-order valence-corrected chi connectivity index (χ2v) is 6.52. The molecule has 1 atom stereocenters. The average molecular weight is 360 g/mol. The van der Waals surface area contributed by atoms with E-state index in [9.17, 15) is 10.0 Å². The zero-order chi connectivity index (χ0) is 18.5. The molecule has 0 saturated heterocycles. The summed E-state index contributed by atoms with van der Waals surface area (Å²) < 4.78 is 0. The molecule has 0 aliphatic carbocycles. The van der Waals surface area contributed by atoms with Crippen LogP contribution in [0.2, 0.25) is 0 Å². The van der Waals surface area contributed by atoms with E-state index in [2.05, 4.69) is 20.5 Å². The topological polar surface area (TPSA) is 120 Å². The number of hydrogen-bond acceptors (Lipinski definition) is 6. The summed E-state index contributed by atoms with van der Waals surface area (Å²) in [7, 11) is 0. The minimum atomic E-state index is -0.618. The number of nitrogens with zero attached hydrogens (tertiary/aromatic N) is 3. The van der Waals surface area contributed by atoms with E-state index in [1.54, 1.807) is 6.20 Å². The van der Waals surface area contributed by atoms with Gasteiger partial charge in [-0.1, -0.05) is 24.3 Å². The minimum absolute atomic E-state index is 0.146. The van der Waals surface area contributed by atoms with Crippen molar-refractivity contribution in [3.8, 4) is 11.1 Å². The molecule has 134 valence electrons. The van der Waals surface area contributed by atoms with Gasteiger partial charge in [-0.15, -0.1) is 10.2 Å². The minimum Gasteiger partial charge on any atom is -0.374 e. The maximum absolute atomic E-state index is 12.1. The van der Waals surface area contributed by atoms with Gasteiger partial charge in [-0.2, -0.15) is 0 Å². The molecule has 2 aliphatic rings. The van der Waals surface area contributed by atoms with Gasteiger partial charge in [0.05, 0.1) is 12.6 Å². The molecule has 0 bridgehead atoms. The van der Waals surface area contributed by atoms with Gasteiger partial charge in [-0.25, -0.2) is 0 Å². The molecule has 0 radical (unpaired) electrons. The van der Waals surface area contributed by atoms with E-state index in [1.165, 1.54) is 0 Å². The van der Waals surface area contributed by atoms with E-state index in [-0.39, 0.29) is 11.7 Å². The highest BCUT2D eigenvalue weighted by Crippen LogP contribution is 2.44. The Bertz CT molecular complexity index is 1150. The van der Waals surface area contributed by atoms with Crippen molar-refractivity contribution in [2.24, 2.45) is 5.73 Å². The summed E-state index contributed by atoms with van der Waals surface area (Å²) in [4.78, 5) is 15.2. The highest BCUT2D eigenvalue weighted by molar-refractivity contribution is 6.10. The van der Waals surface area contributed by atoms with Gasteiger partial charge < -0.3 is 16.0 Å². The lowest BCUT2D eigenvalue weighted by Crippen LogP contribution is -2.19. The summed E-state index contributed by atoms with van der Waals surface area (Å²) in [5.41, 5.74) is 10.7. The highest BCUT2D eigenvalue weighted by atomic mass is 16.5. The number of nitrogens with one attached hydrogen (secondary N) is 2. The van der Waals surface area contributed by atoms with Crippen molar-refractivity contribution >= 4 is 22.6 Å². The van der Waals surface area contributed by atoms with Crippen LogP contribution in [0.3, 0.4) is 0 Å². The zero-order valence-electron chi connectivity index (χ0n) is 14.2. The smallest absolute Gasteiger partial charge is 0.269 e. The molecule has 3 aromatic rings. The SMILES string of the molecule is NC(=O)c1nnc2[nH]cc3c2c1-c1ccccc1NC3C1=CCN(O)C=C1. The number of aromatic nitrogens is 3. The quantitative estimate of drug-likeness (QED) is 0.557. The Hall–Kier alpha value is -3.65. The molecule has 1 aromatic carbocycles. The number of aromatic amines is 1. The third kappa shape index (κ3) is 2.31. The van der Waals surface area contributed by atoms with Crippen LogP contribution in [0, 0.1) is 0 Å². The maximum Gasteiger partial charge on any atom is 0.269 e. The molecule has 1 unspecified atom stereocenters. The summed E-state index contributed by atoms with van der Waals surface area (Å²) in [5.74, 6) is -0.618. The van der Waals surface area contributed by atoms with Crippen LogP contribution in [0.1, 0.15) is 22.1 Å². The Kier molecular flexibility index (Phi) is 3.28. The van der Waals surface area contributed by atoms with Gasteiger partial charge in [-0.05, 0) is 17.7 Å². The third-order valence-corrected chi connectivity index (χ3v) is 4.95. The van der Waals surface area contributed by atoms with E-state index in [4.69, 9.17) is 5.73 Å². The molecule has 4 heterocycles. The first-order valence-corrected chi connectivity index (χ1v) is 8.50. The van der Waals surface area contributed by atoms with Crippen LogP contribution >= 0.6 is 0 Å². The van der Waals surface area contributed by atoms with E-state index >= 15 is 0 Å². The van der Waals surface area contributed by atoms with E-state index in [0.29, 0.717) is 17.8 Å². The van der Waals surface area contributed by atoms with E-state index in [1.807, 2.05) is 42.6 Å². The first kappa shape index (κ1) is 15.6. The fourth-order valence-corrected chi connectivity index (χ4v) is 3.74. The Morgan fingerprint density at radius 2 is 2.15 bits per heavy atom. The van der Waals surface area contributed by atoms with Gasteiger partial charge in [0.25, 0.3) is 5.91 Å². The number of rotatable bonds is 2. The number of fused-ring (bicyclic) bond motifs is 2. The monoisotopic (exact) mass is 360 g/mol. The van der Waals surface area contributed by atoms with Crippen LogP contribution in [-0.2, 0) is 0 Å². The molecule has 5 rings (SSSR count). The number of para-hydroxylation sites is 1. The highest BCUT2D eigenvalue weighted by Gasteiger charge is 2.30. The largest absolute Gasteiger partial charge is 0.374 e. The van der Waals surface area contributed by atoms with E-state index in [0.717, 1.165) is 32.8 Å². The number of carbonyl (C=O) groups excluding carboxylic acids is 1. The van der Waals surface area contributed by atoms with Crippen molar-refractivity contribution in [1.82, 2.24) is 20.2 Å². The number of nitrogens with two attached hydrogens (primary N) is 1. The molecule has 2 aliphatic heterocycles. The van der Waals surface area contributed by atoms with Crippen LogP contribution in [0.15, 0.2) is 54.4 Å². The molecule has 0 fully saturated rings. The Morgan fingerprint density at radius 3 is 2.93 bits per heavy atom. The standard InChI is InChI=1S/C19H16N6O2/c20-18(26)17-14-11-3-1-2-4-13(11)22-16(10-5-7-25(27)8-6-10)12-9-21-19(15(12)14)24-23-17/h1-7,9,16,22,27H,8H2,(H2,20,26)(H,21,24). The number of amides is 1. The summed E-state index contributed by atoms with van der Waals surface area (Å²) in [5, 5.41) is 23.3. The lowest BCUT2D eigenvalue weighted by Gasteiger charge is -2.24. The number of H-pyrrole nitrogens is 1. The van der Waals surface area contributed by atoms with Crippen molar-refractivity contribution < 1.29 is 10.0 Å². The molecule has 0 saturated carbocycles. The number of benzene rings is 1. The predicted octanol–water partition coefficient (Wildman–Crippen LogP) is 2.34. The zero-order valence-corrected chi connectivity index (χ0v) is 14.2. The number of carbonyl (C=O) groups is 1. The molecule has 5 N–H and O–H groups in total. The molecule has 1 amide bonds. The van der Waals surface area contributed by atoms with Crippen molar-refractivity contribution in [3.63, 3.8) is 0 Å². The van der Waals surface area contributed by atoms with Crippen LogP contribution < -0.4 is 11.1 Å². The predicted molar refractivity (Wildman–Crippen MR) is 99.9 cm³/mol. The Balaban J connectivity index is 1.84. The Morgan fingerprint density at radius 1 is 1.30 bits per heavy atom. The first-order valence-electron chi connectivity index (χ1n) is 8.50. The average Bonchev–Trinajstić information content (AvgIpc) is 3.04. The lowest BCUT2D eigenvalue weighted by molar-refractivity contribution is -0.0307. The fourth-order valence-electron chi connectivity index (χ4n) is 3.74. The normalized spacial score (nSPS) is 17.9. The van der Waals surface area contributed by atoms with Crippen molar-refractivity contribution in [3.05, 3.63) is 65.6 Å². The molecule has 8 nitrogen and oxygen atoms in total. The molecule has 27 heavy (non-hydrogen) atoms. The van der Waals surface area contributed by atoms with Gasteiger partial charge in [-0.3, -0.25) is 15.1 Å². The van der Waals surface area contributed by atoms with Gasteiger partial charge in [0.15, 0.2) is 11.3 Å². The van der Waals surface area contributed by atoms with Crippen molar-refractivity contribution in [1.29, 1.82) is 0 Å². The van der Waals surface area contributed by atoms with Crippen LogP contribution in [0.4, 0.5) is 5.69 Å². The molecule has 2 aromatic heterocycles. The molecule has 0 spiro atoms. The summed E-state index contributed by atoms with van der Waals surface area (Å²) in [6.45, 7) is 0.396.